The summed E-state index contributed by atoms with van der Waals surface area (Å²) in [5, 5.41) is 2.50. The van der Waals surface area contributed by atoms with Crippen molar-refractivity contribution in [3.63, 3.8) is 0 Å². The first-order valence-electron chi connectivity index (χ1n) is 18.2. The zero-order valence-corrected chi connectivity index (χ0v) is 29.3. The van der Waals surface area contributed by atoms with Crippen molar-refractivity contribution in [2.45, 2.75) is 0 Å². The van der Waals surface area contributed by atoms with Crippen molar-refractivity contribution < 1.29 is 0 Å². The average molecular weight is 676 g/mol. The third-order valence-corrected chi connectivity index (χ3v) is 10.1. The summed E-state index contributed by atoms with van der Waals surface area (Å²) in [6.45, 7) is 0. The monoisotopic (exact) mass is 675 g/mol. The molecule has 1 heteroatoms. The minimum atomic E-state index is 1.10. The van der Waals surface area contributed by atoms with Gasteiger partial charge in [0, 0.05) is 17.1 Å². The molecule has 1 nitrogen and oxygen atoms in total. The lowest BCUT2D eigenvalue weighted by atomic mass is 9.85. The Hall–Kier alpha value is -6.96. The fourth-order valence-electron chi connectivity index (χ4n) is 7.48. The van der Waals surface area contributed by atoms with E-state index < -0.39 is 0 Å². The lowest BCUT2D eigenvalue weighted by molar-refractivity contribution is 1.28. The highest BCUT2D eigenvalue weighted by Crippen LogP contribution is 2.44. The van der Waals surface area contributed by atoms with Crippen LogP contribution in [0.4, 0.5) is 17.1 Å². The molecule has 0 saturated carbocycles. The molecular formula is C52H37N. The van der Waals surface area contributed by atoms with E-state index in [0.717, 1.165) is 17.1 Å². The molecular weight excluding hydrogens is 639 g/mol. The van der Waals surface area contributed by atoms with Gasteiger partial charge in [0.1, 0.15) is 0 Å². The van der Waals surface area contributed by atoms with Gasteiger partial charge in [-0.25, -0.2) is 0 Å². The van der Waals surface area contributed by atoms with Crippen LogP contribution in [0.25, 0.3) is 66.4 Å². The van der Waals surface area contributed by atoms with Crippen LogP contribution in [-0.4, -0.2) is 0 Å². The van der Waals surface area contributed by atoms with Gasteiger partial charge in [0.2, 0.25) is 0 Å². The minimum absolute atomic E-state index is 1.10. The molecule has 0 amide bonds. The van der Waals surface area contributed by atoms with Gasteiger partial charge in [-0.1, -0.05) is 182 Å². The molecule has 53 heavy (non-hydrogen) atoms. The molecule has 0 spiro atoms. The molecule has 250 valence electrons. The SMILES string of the molecule is c1ccc(-c2ccc(N(c3ccc(-c4ccccc4)cc3)c3ccc(-c4cc(-c5ccccc5)c5ccccc5c4-c4ccccc4)cc3)cc2)cc1. The molecule has 0 N–H and O–H groups in total. The maximum atomic E-state index is 2.39. The Morgan fingerprint density at radius 3 is 1.00 bits per heavy atom. The van der Waals surface area contributed by atoms with Crippen LogP contribution in [0.15, 0.2) is 224 Å². The lowest BCUT2D eigenvalue weighted by Gasteiger charge is -2.26. The van der Waals surface area contributed by atoms with Crippen LogP contribution >= 0.6 is 0 Å². The van der Waals surface area contributed by atoms with Crippen molar-refractivity contribution in [3.8, 4) is 55.6 Å². The smallest absolute Gasteiger partial charge is 0.0462 e. The van der Waals surface area contributed by atoms with Crippen LogP contribution in [0.2, 0.25) is 0 Å². The molecule has 0 radical (unpaired) electrons. The van der Waals surface area contributed by atoms with E-state index in [1.54, 1.807) is 0 Å². The van der Waals surface area contributed by atoms with Crippen LogP contribution < -0.4 is 4.90 Å². The maximum absolute atomic E-state index is 2.39. The Morgan fingerprint density at radius 2 is 0.547 bits per heavy atom. The van der Waals surface area contributed by atoms with Crippen LogP contribution in [0.3, 0.4) is 0 Å². The highest BCUT2D eigenvalue weighted by Gasteiger charge is 2.18. The molecule has 0 saturated heterocycles. The third kappa shape index (κ3) is 6.42. The molecule has 9 aromatic rings. The van der Waals surface area contributed by atoms with E-state index in [0.29, 0.717) is 0 Å². The van der Waals surface area contributed by atoms with Crippen molar-refractivity contribution in [1.29, 1.82) is 0 Å². The predicted octanol–water partition coefficient (Wildman–Crippen LogP) is 14.6. The zero-order valence-electron chi connectivity index (χ0n) is 29.3. The number of benzene rings is 9. The predicted molar refractivity (Wildman–Crippen MR) is 226 cm³/mol. The Bertz CT molecular complexity index is 2510. The molecule has 0 heterocycles. The zero-order chi connectivity index (χ0) is 35.4. The average Bonchev–Trinajstić information content (AvgIpc) is 3.25. The van der Waals surface area contributed by atoms with Gasteiger partial charge >= 0.3 is 0 Å². The summed E-state index contributed by atoms with van der Waals surface area (Å²) < 4.78 is 0. The van der Waals surface area contributed by atoms with E-state index in [1.807, 2.05) is 0 Å². The van der Waals surface area contributed by atoms with E-state index in [9.17, 15) is 0 Å². The van der Waals surface area contributed by atoms with Gasteiger partial charge in [0.25, 0.3) is 0 Å². The Kier molecular flexibility index (Phi) is 8.66. The van der Waals surface area contributed by atoms with E-state index in [1.165, 1.54) is 66.4 Å². The molecule has 0 aromatic heterocycles. The quantitative estimate of drug-likeness (QED) is 0.155. The summed E-state index contributed by atoms with van der Waals surface area (Å²) in [5.41, 5.74) is 15.4. The van der Waals surface area contributed by atoms with Crippen LogP contribution in [0, 0.1) is 0 Å². The van der Waals surface area contributed by atoms with Gasteiger partial charge in [0.05, 0.1) is 0 Å². The molecule has 0 aliphatic heterocycles. The molecule has 0 aliphatic carbocycles. The summed E-state index contributed by atoms with van der Waals surface area (Å²) in [5.74, 6) is 0. The summed E-state index contributed by atoms with van der Waals surface area (Å²) in [4.78, 5) is 2.35. The number of rotatable bonds is 8. The van der Waals surface area contributed by atoms with E-state index in [4.69, 9.17) is 0 Å². The summed E-state index contributed by atoms with van der Waals surface area (Å²) in [7, 11) is 0. The first-order chi connectivity index (χ1) is 26.3. The maximum Gasteiger partial charge on any atom is 0.0462 e. The van der Waals surface area contributed by atoms with Gasteiger partial charge in [-0.05, 0) is 109 Å². The second-order valence-electron chi connectivity index (χ2n) is 13.3. The van der Waals surface area contributed by atoms with E-state index in [2.05, 4.69) is 229 Å². The molecule has 0 atom stereocenters. The van der Waals surface area contributed by atoms with Gasteiger partial charge < -0.3 is 4.90 Å². The van der Waals surface area contributed by atoms with Crippen molar-refractivity contribution in [2.24, 2.45) is 0 Å². The summed E-state index contributed by atoms with van der Waals surface area (Å²) in [6, 6.07) is 80.7. The highest BCUT2D eigenvalue weighted by molar-refractivity contribution is 6.10. The Balaban J connectivity index is 1.17. The minimum Gasteiger partial charge on any atom is -0.311 e. The van der Waals surface area contributed by atoms with Crippen LogP contribution in [-0.2, 0) is 0 Å². The van der Waals surface area contributed by atoms with Crippen molar-refractivity contribution in [3.05, 3.63) is 224 Å². The summed E-state index contributed by atoms with van der Waals surface area (Å²) >= 11 is 0. The molecule has 0 bridgehead atoms. The number of hydrogen-bond acceptors (Lipinski definition) is 1. The third-order valence-electron chi connectivity index (χ3n) is 10.1. The van der Waals surface area contributed by atoms with Crippen molar-refractivity contribution in [1.82, 2.24) is 0 Å². The van der Waals surface area contributed by atoms with E-state index in [-0.39, 0.29) is 0 Å². The normalized spacial score (nSPS) is 11.0. The lowest BCUT2D eigenvalue weighted by Crippen LogP contribution is -2.09. The number of anilines is 3. The van der Waals surface area contributed by atoms with Crippen molar-refractivity contribution in [2.75, 3.05) is 4.90 Å². The fourth-order valence-corrected chi connectivity index (χ4v) is 7.48. The Morgan fingerprint density at radius 1 is 0.226 bits per heavy atom. The second-order valence-corrected chi connectivity index (χ2v) is 13.3. The van der Waals surface area contributed by atoms with E-state index >= 15 is 0 Å². The topological polar surface area (TPSA) is 3.24 Å². The fraction of sp³-hybridized carbons (Fsp3) is 0. The molecule has 0 unspecified atom stereocenters. The number of nitrogens with zero attached hydrogens (tertiary/aromatic N) is 1. The standard InChI is InChI=1S/C52H37N/c1-5-15-38(16-6-1)40-25-31-45(32-26-40)53(46-33-27-41(28-34-46)39-17-7-2-8-18-39)47-35-29-43(30-36-47)51-37-50(42-19-9-3-10-20-42)48-23-13-14-24-49(48)52(51)44-21-11-4-12-22-44/h1-37H. The first kappa shape index (κ1) is 32.0. The van der Waals surface area contributed by atoms with Gasteiger partial charge in [0.15, 0.2) is 0 Å². The number of hydrogen-bond donors (Lipinski definition) is 0. The van der Waals surface area contributed by atoms with Gasteiger partial charge in [-0.15, -0.1) is 0 Å². The van der Waals surface area contributed by atoms with Gasteiger partial charge in [-0.2, -0.15) is 0 Å². The molecule has 9 rings (SSSR count). The second kappa shape index (κ2) is 14.3. The number of fused-ring (bicyclic) bond motifs is 1. The largest absolute Gasteiger partial charge is 0.311 e. The Labute approximate surface area is 311 Å². The van der Waals surface area contributed by atoms with Crippen LogP contribution in [0.5, 0.6) is 0 Å². The highest BCUT2D eigenvalue weighted by atomic mass is 15.1. The van der Waals surface area contributed by atoms with Gasteiger partial charge in [-0.3, -0.25) is 0 Å². The van der Waals surface area contributed by atoms with Crippen LogP contribution in [0.1, 0.15) is 0 Å². The first-order valence-corrected chi connectivity index (χ1v) is 18.2. The molecule has 0 aliphatic rings. The van der Waals surface area contributed by atoms with Crippen molar-refractivity contribution >= 4 is 27.8 Å². The molecule has 0 fully saturated rings. The summed E-state index contributed by atoms with van der Waals surface area (Å²) in [6.07, 6.45) is 0. The molecule has 9 aromatic carbocycles.